The van der Waals surface area contributed by atoms with E-state index in [4.69, 9.17) is 5.73 Å². The second-order valence-electron chi connectivity index (χ2n) is 8.65. The van der Waals surface area contributed by atoms with Crippen LogP contribution in [0, 0.1) is 12.8 Å². The average Bonchev–Trinajstić information content (AvgIpc) is 2.81. The van der Waals surface area contributed by atoms with Gasteiger partial charge in [0.25, 0.3) is 5.91 Å². The Morgan fingerprint density at radius 2 is 1.79 bits per heavy atom. The molecule has 2 atom stereocenters. The minimum Gasteiger partial charge on any atom is -0.366 e. The Labute approximate surface area is 193 Å². The number of rotatable bonds is 6. The van der Waals surface area contributed by atoms with Crippen LogP contribution in [0.5, 0.6) is 0 Å². The van der Waals surface area contributed by atoms with Crippen molar-refractivity contribution in [3.05, 3.63) is 71.4 Å². The largest absolute Gasteiger partial charge is 0.366 e. The Bertz CT molecular complexity index is 1160. The Morgan fingerprint density at radius 1 is 1.03 bits per heavy atom. The van der Waals surface area contributed by atoms with Crippen molar-refractivity contribution in [1.29, 1.82) is 0 Å². The highest BCUT2D eigenvalue weighted by Gasteiger charge is 2.23. The van der Waals surface area contributed by atoms with E-state index in [1.54, 1.807) is 36.5 Å². The number of amides is 2. The molecule has 0 radical (unpaired) electrons. The summed E-state index contributed by atoms with van der Waals surface area (Å²) in [6.07, 6.45) is 6.28. The fourth-order valence-electron chi connectivity index (χ4n) is 4.37. The molecular formula is C26H29N5O2. The molecular weight excluding hydrogens is 414 g/mol. The van der Waals surface area contributed by atoms with E-state index in [2.05, 4.69) is 27.5 Å². The monoisotopic (exact) mass is 443 g/mol. The summed E-state index contributed by atoms with van der Waals surface area (Å²) in [5, 5.41) is 6.36. The molecule has 2 aromatic carbocycles. The zero-order valence-corrected chi connectivity index (χ0v) is 19.0. The van der Waals surface area contributed by atoms with Crippen LogP contribution in [-0.4, -0.2) is 27.8 Å². The van der Waals surface area contributed by atoms with E-state index in [0.717, 1.165) is 23.2 Å². The minimum absolute atomic E-state index is 0.0386. The van der Waals surface area contributed by atoms with Crippen LogP contribution in [0.1, 0.15) is 58.9 Å². The second kappa shape index (κ2) is 9.81. The summed E-state index contributed by atoms with van der Waals surface area (Å²) in [6.45, 7) is 4.05. The van der Waals surface area contributed by atoms with E-state index in [1.807, 2.05) is 25.1 Å². The van der Waals surface area contributed by atoms with Crippen LogP contribution in [0.25, 0.3) is 11.3 Å². The van der Waals surface area contributed by atoms with Gasteiger partial charge in [0.05, 0.1) is 5.69 Å². The Hall–Kier alpha value is -3.74. The van der Waals surface area contributed by atoms with Gasteiger partial charge in [-0.2, -0.15) is 0 Å². The molecule has 1 aliphatic rings. The standard InChI is InChI=1S/C26H29N5O2/c1-16-6-3-4-9-22(16)30-25(33)18-10-12-19(13-11-18)29-26-28-15-14-23(31-26)20-7-5-8-21(17(20)2)24(27)32/h5,7-8,10-16,22H,3-4,6,9H2,1-2H3,(H2,27,32)(H,30,33)(H,28,29,31). The molecule has 1 heterocycles. The van der Waals surface area contributed by atoms with Crippen molar-refractivity contribution in [1.82, 2.24) is 15.3 Å². The number of nitrogens with two attached hydrogens (primary N) is 1. The Balaban J connectivity index is 1.46. The van der Waals surface area contributed by atoms with E-state index in [1.165, 1.54) is 19.3 Å². The molecule has 1 fully saturated rings. The molecule has 33 heavy (non-hydrogen) atoms. The van der Waals surface area contributed by atoms with Crippen molar-refractivity contribution in [2.24, 2.45) is 11.7 Å². The van der Waals surface area contributed by atoms with Crippen molar-refractivity contribution in [3.63, 3.8) is 0 Å². The van der Waals surface area contributed by atoms with E-state index < -0.39 is 5.91 Å². The first kappa shape index (κ1) is 22.5. The molecule has 0 bridgehead atoms. The first-order chi connectivity index (χ1) is 15.9. The number of nitrogens with one attached hydrogen (secondary N) is 2. The minimum atomic E-state index is -0.469. The fourth-order valence-corrected chi connectivity index (χ4v) is 4.37. The van der Waals surface area contributed by atoms with E-state index >= 15 is 0 Å². The predicted octanol–water partition coefficient (Wildman–Crippen LogP) is 4.60. The lowest BCUT2D eigenvalue weighted by Gasteiger charge is -2.29. The van der Waals surface area contributed by atoms with Gasteiger partial charge in [-0.3, -0.25) is 9.59 Å². The third-order valence-corrected chi connectivity index (χ3v) is 6.36. The molecule has 1 aliphatic carbocycles. The number of nitrogens with zero attached hydrogens (tertiary/aromatic N) is 2. The fraction of sp³-hybridized carbons (Fsp3) is 0.308. The molecule has 4 rings (SSSR count). The molecule has 0 spiro atoms. The van der Waals surface area contributed by atoms with Crippen LogP contribution in [0.15, 0.2) is 54.7 Å². The van der Waals surface area contributed by atoms with Crippen LogP contribution in [0.3, 0.4) is 0 Å². The summed E-state index contributed by atoms with van der Waals surface area (Å²) >= 11 is 0. The summed E-state index contributed by atoms with van der Waals surface area (Å²) in [5.41, 5.74) is 9.63. The number of aromatic nitrogens is 2. The average molecular weight is 444 g/mol. The van der Waals surface area contributed by atoms with Crippen LogP contribution in [0.2, 0.25) is 0 Å². The third kappa shape index (κ3) is 5.19. The normalized spacial score (nSPS) is 17.9. The molecule has 170 valence electrons. The molecule has 7 heteroatoms. The lowest BCUT2D eigenvalue weighted by atomic mass is 9.86. The van der Waals surface area contributed by atoms with Crippen molar-refractivity contribution >= 4 is 23.5 Å². The van der Waals surface area contributed by atoms with Gasteiger partial charge in [0.1, 0.15) is 0 Å². The summed E-state index contributed by atoms with van der Waals surface area (Å²) in [4.78, 5) is 33.2. The lowest BCUT2D eigenvalue weighted by Crippen LogP contribution is -2.41. The molecule has 0 saturated heterocycles. The summed E-state index contributed by atoms with van der Waals surface area (Å²) in [5.74, 6) is 0.428. The van der Waals surface area contributed by atoms with Gasteiger partial charge < -0.3 is 16.4 Å². The van der Waals surface area contributed by atoms with Gasteiger partial charge in [0, 0.05) is 34.6 Å². The van der Waals surface area contributed by atoms with Gasteiger partial charge in [0.15, 0.2) is 0 Å². The van der Waals surface area contributed by atoms with Gasteiger partial charge in [-0.15, -0.1) is 0 Å². The maximum Gasteiger partial charge on any atom is 0.251 e. The Morgan fingerprint density at radius 3 is 2.52 bits per heavy atom. The highest BCUT2D eigenvalue weighted by molar-refractivity contribution is 5.96. The second-order valence-corrected chi connectivity index (χ2v) is 8.65. The lowest BCUT2D eigenvalue weighted by molar-refractivity contribution is 0.0909. The first-order valence-electron chi connectivity index (χ1n) is 11.3. The van der Waals surface area contributed by atoms with Gasteiger partial charge in [0.2, 0.25) is 11.9 Å². The zero-order valence-electron chi connectivity index (χ0n) is 19.0. The molecule has 2 unspecified atom stereocenters. The molecule has 0 aliphatic heterocycles. The number of anilines is 2. The SMILES string of the molecule is Cc1c(C(N)=O)cccc1-c1ccnc(Nc2ccc(C(=O)NC3CCCCC3C)cc2)n1. The molecule has 4 N–H and O–H groups in total. The maximum atomic E-state index is 12.6. The van der Waals surface area contributed by atoms with E-state index in [-0.39, 0.29) is 11.9 Å². The molecule has 1 aromatic heterocycles. The number of carbonyl (C=O) groups is 2. The summed E-state index contributed by atoms with van der Waals surface area (Å²) in [7, 11) is 0. The first-order valence-corrected chi connectivity index (χ1v) is 11.3. The van der Waals surface area contributed by atoms with Crippen molar-refractivity contribution in [3.8, 4) is 11.3 Å². The van der Waals surface area contributed by atoms with Crippen molar-refractivity contribution < 1.29 is 9.59 Å². The smallest absolute Gasteiger partial charge is 0.251 e. The van der Waals surface area contributed by atoms with Gasteiger partial charge in [-0.25, -0.2) is 9.97 Å². The number of benzene rings is 2. The number of carbonyl (C=O) groups excluding carboxylic acids is 2. The van der Waals surface area contributed by atoms with Crippen molar-refractivity contribution in [2.45, 2.75) is 45.6 Å². The quantitative estimate of drug-likeness (QED) is 0.516. The number of primary amides is 1. The van der Waals surface area contributed by atoms with Gasteiger partial charge in [-0.05, 0) is 67.6 Å². The van der Waals surface area contributed by atoms with E-state index in [0.29, 0.717) is 28.7 Å². The third-order valence-electron chi connectivity index (χ3n) is 6.36. The van der Waals surface area contributed by atoms with Crippen LogP contribution in [-0.2, 0) is 0 Å². The van der Waals surface area contributed by atoms with Crippen LogP contribution in [0.4, 0.5) is 11.6 Å². The van der Waals surface area contributed by atoms with Crippen molar-refractivity contribution in [2.75, 3.05) is 5.32 Å². The van der Waals surface area contributed by atoms with E-state index in [9.17, 15) is 9.59 Å². The topological polar surface area (TPSA) is 110 Å². The highest BCUT2D eigenvalue weighted by atomic mass is 16.2. The van der Waals surface area contributed by atoms with Gasteiger partial charge >= 0.3 is 0 Å². The van der Waals surface area contributed by atoms with Gasteiger partial charge in [-0.1, -0.05) is 31.9 Å². The maximum absolute atomic E-state index is 12.6. The Kier molecular flexibility index (Phi) is 6.68. The molecule has 3 aromatic rings. The molecule has 7 nitrogen and oxygen atoms in total. The number of hydrogen-bond donors (Lipinski definition) is 3. The summed E-state index contributed by atoms with van der Waals surface area (Å²) in [6, 6.07) is 14.7. The molecule has 2 amide bonds. The predicted molar refractivity (Wildman–Crippen MR) is 129 cm³/mol. The van der Waals surface area contributed by atoms with Crippen LogP contribution >= 0.6 is 0 Å². The zero-order chi connectivity index (χ0) is 23.4. The molecule has 1 saturated carbocycles. The summed E-state index contributed by atoms with van der Waals surface area (Å²) < 4.78 is 0. The number of hydrogen-bond acceptors (Lipinski definition) is 5. The highest BCUT2D eigenvalue weighted by Crippen LogP contribution is 2.26. The van der Waals surface area contributed by atoms with Crippen LogP contribution < -0.4 is 16.4 Å².